The first-order valence-electron chi connectivity index (χ1n) is 24.4. The summed E-state index contributed by atoms with van der Waals surface area (Å²) in [4.78, 5) is 25.4. The number of unbranched alkanes of at least 4 members (excludes halogenated alkanes) is 9. The lowest BCUT2D eigenvalue weighted by Crippen LogP contribution is -2.60. The molecule has 6 atom stereocenters. The Bertz CT molecular complexity index is 1620. The van der Waals surface area contributed by atoms with Crippen LogP contribution in [0.2, 0.25) is 0 Å². The standard InChI is InChI=1S/C53H84O12S/c1-3-5-7-9-11-13-15-17-19-21-23-25-27-29-31-33-35-37-39-41-48(54)62-43-46(44-63-53-52(58)51(57)50(56)47(65-53)45-66(59,60)61)64-49(55)42-40-38-36-34-32-30-28-26-24-22-20-18-16-14-12-10-8-6-4-2/h11-14,17-20,23-26,29-32,35,37,46-47,50-53,56-58H,3-10,15-16,21-22,27-28,33-34,36,38-45H2,1-2H3,(H,59,60,61)/b13-11+,14-12+,19-17+,20-18+,25-23+,26-24+,31-29+,32-30+,37-35+/t46-,47-,50-,51?,52?,53+/m1/s1. The second-order valence-corrected chi connectivity index (χ2v) is 17.9. The van der Waals surface area contributed by atoms with Gasteiger partial charge in [-0.2, -0.15) is 8.42 Å². The molecule has 0 amide bonds. The Hall–Kier alpha value is -3.69. The first-order chi connectivity index (χ1) is 32.0. The summed E-state index contributed by atoms with van der Waals surface area (Å²) in [6.07, 6.45) is 48.5. The van der Waals surface area contributed by atoms with E-state index in [9.17, 15) is 37.9 Å². The van der Waals surface area contributed by atoms with E-state index in [-0.39, 0.29) is 19.4 Å². The molecule has 1 aliphatic rings. The van der Waals surface area contributed by atoms with E-state index < -0.39 is 71.2 Å². The Labute approximate surface area is 397 Å². The molecule has 0 saturated carbocycles. The van der Waals surface area contributed by atoms with Gasteiger partial charge in [0.2, 0.25) is 0 Å². The molecule has 0 aliphatic carbocycles. The zero-order valence-corrected chi connectivity index (χ0v) is 40.8. The van der Waals surface area contributed by atoms with Crippen molar-refractivity contribution in [1.82, 2.24) is 0 Å². The predicted octanol–water partition coefficient (Wildman–Crippen LogP) is 10.8. The third-order valence-corrected chi connectivity index (χ3v) is 11.1. The summed E-state index contributed by atoms with van der Waals surface area (Å²) in [5.41, 5.74) is 0. The summed E-state index contributed by atoms with van der Waals surface area (Å²) in [5.74, 6) is -2.15. The molecule has 0 bridgehead atoms. The fourth-order valence-electron chi connectivity index (χ4n) is 6.52. The average molecular weight is 945 g/mol. The van der Waals surface area contributed by atoms with E-state index in [4.69, 9.17) is 18.9 Å². The number of allylic oxidation sites excluding steroid dienone is 18. The summed E-state index contributed by atoms with van der Waals surface area (Å²) >= 11 is 0. The molecular formula is C53H84O12S. The van der Waals surface area contributed by atoms with Gasteiger partial charge in [0.15, 0.2) is 12.4 Å². The highest BCUT2D eigenvalue weighted by Gasteiger charge is 2.46. The second kappa shape index (κ2) is 41.5. The second-order valence-electron chi connectivity index (χ2n) is 16.4. The normalized spacial score (nSPS) is 20.4. The Morgan fingerprint density at radius 2 is 0.939 bits per heavy atom. The van der Waals surface area contributed by atoms with Crippen LogP contribution in [0.15, 0.2) is 109 Å². The highest BCUT2D eigenvalue weighted by molar-refractivity contribution is 7.85. The highest BCUT2D eigenvalue weighted by Crippen LogP contribution is 2.24. The molecule has 1 saturated heterocycles. The Kier molecular flexibility index (Phi) is 37.9. The molecule has 1 aliphatic heterocycles. The number of esters is 2. The predicted molar refractivity (Wildman–Crippen MR) is 265 cm³/mol. The van der Waals surface area contributed by atoms with Gasteiger partial charge in [-0.25, -0.2) is 0 Å². The van der Waals surface area contributed by atoms with Crippen LogP contribution in [0.1, 0.15) is 155 Å². The Morgan fingerprint density at radius 3 is 1.38 bits per heavy atom. The topological polar surface area (TPSA) is 186 Å². The van der Waals surface area contributed by atoms with Crippen molar-refractivity contribution in [1.29, 1.82) is 0 Å². The van der Waals surface area contributed by atoms with Crippen LogP contribution in [0.25, 0.3) is 0 Å². The van der Waals surface area contributed by atoms with Gasteiger partial charge in [-0.15, -0.1) is 0 Å². The van der Waals surface area contributed by atoms with Crippen molar-refractivity contribution < 1.29 is 56.8 Å². The van der Waals surface area contributed by atoms with Gasteiger partial charge in [-0.05, 0) is 96.3 Å². The molecule has 13 heteroatoms. The van der Waals surface area contributed by atoms with Crippen LogP contribution in [0.4, 0.5) is 0 Å². The summed E-state index contributed by atoms with van der Waals surface area (Å²) in [7, 11) is -4.62. The van der Waals surface area contributed by atoms with E-state index in [1.165, 1.54) is 38.5 Å². The maximum Gasteiger partial charge on any atom is 0.306 e. The smallest absolute Gasteiger partial charge is 0.306 e. The maximum atomic E-state index is 12.8. The van der Waals surface area contributed by atoms with Crippen LogP contribution in [-0.2, 0) is 38.7 Å². The molecule has 0 aromatic rings. The third-order valence-electron chi connectivity index (χ3n) is 10.3. The van der Waals surface area contributed by atoms with E-state index in [0.29, 0.717) is 12.8 Å². The van der Waals surface area contributed by atoms with Crippen molar-refractivity contribution in [2.75, 3.05) is 19.0 Å². The molecule has 1 rings (SSSR count). The number of ether oxygens (including phenoxy) is 4. The largest absolute Gasteiger partial charge is 0.462 e. The minimum absolute atomic E-state index is 0.0813. The molecule has 374 valence electrons. The van der Waals surface area contributed by atoms with Crippen LogP contribution < -0.4 is 0 Å². The van der Waals surface area contributed by atoms with Crippen LogP contribution in [-0.4, -0.2) is 96.0 Å². The summed E-state index contributed by atoms with van der Waals surface area (Å²) in [5, 5.41) is 30.9. The van der Waals surface area contributed by atoms with Crippen molar-refractivity contribution in [2.24, 2.45) is 0 Å². The van der Waals surface area contributed by atoms with Crippen molar-refractivity contribution in [3.8, 4) is 0 Å². The van der Waals surface area contributed by atoms with Gasteiger partial charge in [0.1, 0.15) is 36.8 Å². The molecule has 12 nitrogen and oxygen atoms in total. The fourth-order valence-corrected chi connectivity index (χ4v) is 7.21. The van der Waals surface area contributed by atoms with Crippen LogP contribution in [0.5, 0.6) is 0 Å². The Morgan fingerprint density at radius 1 is 0.515 bits per heavy atom. The molecule has 66 heavy (non-hydrogen) atoms. The molecule has 1 fully saturated rings. The Balaban J connectivity index is 2.51. The molecule has 4 N–H and O–H groups in total. The van der Waals surface area contributed by atoms with Crippen molar-refractivity contribution in [3.05, 3.63) is 109 Å². The first kappa shape index (κ1) is 60.3. The van der Waals surface area contributed by atoms with Gasteiger partial charge < -0.3 is 34.3 Å². The molecule has 2 unspecified atom stereocenters. The fraction of sp³-hybridized carbons (Fsp3) is 0.623. The lowest BCUT2D eigenvalue weighted by atomic mass is 10.00. The quantitative estimate of drug-likeness (QED) is 0.0198. The number of carbonyl (C=O) groups is 2. The molecule has 0 spiro atoms. The van der Waals surface area contributed by atoms with Gasteiger partial charge >= 0.3 is 11.9 Å². The molecular weight excluding hydrogens is 861 g/mol. The number of aliphatic hydroxyl groups excluding tert-OH is 3. The van der Waals surface area contributed by atoms with Crippen molar-refractivity contribution in [2.45, 2.75) is 192 Å². The maximum absolute atomic E-state index is 12.8. The monoisotopic (exact) mass is 945 g/mol. The first-order valence-corrected chi connectivity index (χ1v) is 26.1. The van der Waals surface area contributed by atoms with Crippen LogP contribution in [0, 0.1) is 0 Å². The van der Waals surface area contributed by atoms with Crippen LogP contribution >= 0.6 is 0 Å². The molecule has 0 aromatic carbocycles. The van der Waals surface area contributed by atoms with E-state index in [1.807, 2.05) is 12.2 Å². The average Bonchev–Trinajstić information content (AvgIpc) is 3.28. The van der Waals surface area contributed by atoms with E-state index in [0.717, 1.165) is 77.0 Å². The van der Waals surface area contributed by atoms with Crippen LogP contribution in [0.3, 0.4) is 0 Å². The number of carbonyl (C=O) groups excluding carboxylic acids is 2. The summed E-state index contributed by atoms with van der Waals surface area (Å²) in [6, 6.07) is 0. The van der Waals surface area contributed by atoms with Gasteiger partial charge in [-0.1, -0.05) is 155 Å². The number of hydrogen-bond donors (Lipinski definition) is 4. The van der Waals surface area contributed by atoms with Gasteiger partial charge in [0.25, 0.3) is 10.1 Å². The summed E-state index contributed by atoms with van der Waals surface area (Å²) in [6.45, 7) is 3.60. The number of aliphatic hydroxyl groups is 3. The lowest BCUT2D eigenvalue weighted by Gasteiger charge is -2.40. The lowest BCUT2D eigenvalue weighted by molar-refractivity contribution is -0.297. The van der Waals surface area contributed by atoms with Gasteiger partial charge in [-0.3, -0.25) is 14.1 Å². The van der Waals surface area contributed by atoms with E-state index in [2.05, 4.69) is 111 Å². The summed E-state index contributed by atoms with van der Waals surface area (Å²) < 4.78 is 54.1. The van der Waals surface area contributed by atoms with Gasteiger partial charge in [0, 0.05) is 12.8 Å². The minimum Gasteiger partial charge on any atom is -0.462 e. The SMILES string of the molecule is CCCCC/C=C/C/C=C/C/C=C/C/C=C/C/C=C/CCC(=O)OC[C@H](CO[C@H]1O[C@H](CS(=O)(=O)O)[C@@H](O)C(O)C1O)OC(=O)CCCCC/C=C/C/C=C/C/C=C/C/C=C/CCCCC. The zero-order valence-electron chi connectivity index (χ0n) is 40.0. The molecule has 1 heterocycles. The highest BCUT2D eigenvalue weighted by atomic mass is 32.2. The molecule has 0 aromatic heterocycles. The van der Waals surface area contributed by atoms with Gasteiger partial charge in [0.05, 0.1) is 6.61 Å². The number of rotatable bonds is 39. The van der Waals surface area contributed by atoms with Crippen molar-refractivity contribution >= 4 is 22.1 Å². The van der Waals surface area contributed by atoms with E-state index in [1.54, 1.807) is 0 Å². The molecule has 0 radical (unpaired) electrons. The third kappa shape index (κ3) is 35.5. The van der Waals surface area contributed by atoms with Crippen molar-refractivity contribution in [3.63, 3.8) is 0 Å². The number of hydrogen-bond acceptors (Lipinski definition) is 11. The minimum atomic E-state index is -4.62. The van der Waals surface area contributed by atoms with E-state index >= 15 is 0 Å². The zero-order chi connectivity index (χ0) is 48.4.